The molecular weight excluding hydrogens is 282 g/mol. The van der Waals surface area contributed by atoms with Gasteiger partial charge in [0.2, 0.25) is 0 Å². The van der Waals surface area contributed by atoms with Crippen molar-refractivity contribution in [3.63, 3.8) is 0 Å². The van der Waals surface area contributed by atoms with Crippen LogP contribution in [0.15, 0.2) is 35.7 Å². The number of thiophene rings is 1. The van der Waals surface area contributed by atoms with Gasteiger partial charge < -0.3 is 14.8 Å². The molecular formula is C17H21NO2S. The summed E-state index contributed by atoms with van der Waals surface area (Å²) >= 11 is 1.89. The molecule has 21 heavy (non-hydrogen) atoms. The highest BCUT2D eigenvalue weighted by Gasteiger charge is 2.20. The third-order valence-corrected chi connectivity index (χ3v) is 4.87. The van der Waals surface area contributed by atoms with Gasteiger partial charge in [0.15, 0.2) is 0 Å². The first-order valence-electron chi connectivity index (χ1n) is 7.43. The molecule has 112 valence electrons. The van der Waals surface area contributed by atoms with Crippen LogP contribution in [0.1, 0.15) is 29.3 Å². The highest BCUT2D eigenvalue weighted by Crippen LogP contribution is 2.33. The van der Waals surface area contributed by atoms with Crippen molar-refractivity contribution in [1.82, 2.24) is 5.32 Å². The molecule has 2 aromatic rings. The molecule has 1 atom stereocenters. The van der Waals surface area contributed by atoms with E-state index in [2.05, 4.69) is 16.8 Å². The Morgan fingerprint density at radius 2 is 2.00 bits per heavy atom. The summed E-state index contributed by atoms with van der Waals surface area (Å²) in [6.45, 7) is 1.55. The topological polar surface area (TPSA) is 30.5 Å². The summed E-state index contributed by atoms with van der Waals surface area (Å²) in [6.07, 6.45) is 3.75. The van der Waals surface area contributed by atoms with E-state index >= 15 is 0 Å². The smallest absolute Gasteiger partial charge is 0.119 e. The number of benzene rings is 1. The van der Waals surface area contributed by atoms with Gasteiger partial charge in [-0.2, -0.15) is 0 Å². The van der Waals surface area contributed by atoms with Crippen molar-refractivity contribution in [2.24, 2.45) is 0 Å². The molecule has 0 aliphatic heterocycles. The number of hydrogen-bond acceptors (Lipinski definition) is 4. The Bertz CT molecular complexity index is 564. The van der Waals surface area contributed by atoms with Gasteiger partial charge in [0.1, 0.15) is 18.1 Å². The lowest BCUT2D eigenvalue weighted by molar-refractivity contribution is 0.300. The molecule has 3 nitrogen and oxygen atoms in total. The maximum absolute atomic E-state index is 5.75. The van der Waals surface area contributed by atoms with Gasteiger partial charge >= 0.3 is 0 Å². The van der Waals surface area contributed by atoms with E-state index in [0.717, 1.165) is 18.0 Å². The van der Waals surface area contributed by atoms with Crippen molar-refractivity contribution in [3.05, 3.63) is 46.2 Å². The third-order valence-electron chi connectivity index (χ3n) is 3.87. The molecule has 0 spiro atoms. The molecule has 0 bridgehead atoms. The summed E-state index contributed by atoms with van der Waals surface area (Å²) in [5, 5.41) is 5.82. The number of methoxy groups -OCH3 is 1. The van der Waals surface area contributed by atoms with Gasteiger partial charge in [-0.3, -0.25) is 0 Å². The van der Waals surface area contributed by atoms with Crippen molar-refractivity contribution >= 4 is 11.3 Å². The Labute approximate surface area is 129 Å². The molecule has 4 heteroatoms. The van der Waals surface area contributed by atoms with E-state index in [1.54, 1.807) is 12.0 Å². The van der Waals surface area contributed by atoms with Crippen molar-refractivity contribution in [2.45, 2.75) is 25.3 Å². The van der Waals surface area contributed by atoms with E-state index in [1.807, 2.05) is 35.6 Å². The number of nitrogens with one attached hydrogen (secondary N) is 1. The second-order valence-corrected chi connectivity index (χ2v) is 6.22. The van der Waals surface area contributed by atoms with Crippen LogP contribution in [0.4, 0.5) is 0 Å². The molecule has 1 aliphatic carbocycles. The fourth-order valence-corrected chi connectivity index (χ4v) is 3.76. The fraction of sp³-hybridized carbons (Fsp3) is 0.412. The minimum absolute atomic E-state index is 0.500. The second kappa shape index (κ2) is 6.96. The molecule has 0 amide bonds. The van der Waals surface area contributed by atoms with Gasteiger partial charge in [0.25, 0.3) is 0 Å². The summed E-state index contributed by atoms with van der Waals surface area (Å²) in [6, 6.07) is 10.5. The largest absolute Gasteiger partial charge is 0.497 e. The molecule has 0 radical (unpaired) electrons. The van der Waals surface area contributed by atoms with Gasteiger partial charge in [-0.15, -0.1) is 11.3 Å². The summed E-state index contributed by atoms with van der Waals surface area (Å²) in [5.41, 5.74) is 1.50. The first kappa shape index (κ1) is 14.4. The molecule has 1 aromatic heterocycles. The molecule has 0 fully saturated rings. The summed E-state index contributed by atoms with van der Waals surface area (Å²) in [4.78, 5) is 1.55. The van der Waals surface area contributed by atoms with Crippen LogP contribution in [0.3, 0.4) is 0 Å². The molecule has 3 rings (SSSR count). The summed E-state index contributed by atoms with van der Waals surface area (Å²) < 4.78 is 10.9. The SMILES string of the molecule is COc1ccc(OCCNC2CCCc3sccc32)cc1. The summed E-state index contributed by atoms with van der Waals surface area (Å²) in [5.74, 6) is 1.74. The molecule has 1 aliphatic rings. The van der Waals surface area contributed by atoms with Crippen LogP contribution in [0, 0.1) is 0 Å². The van der Waals surface area contributed by atoms with E-state index < -0.39 is 0 Å². The highest BCUT2D eigenvalue weighted by molar-refractivity contribution is 7.10. The zero-order valence-electron chi connectivity index (χ0n) is 12.3. The van der Waals surface area contributed by atoms with E-state index in [1.165, 1.54) is 24.8 Å². The zero-order valence-corrected chi connectivity index (χ0v) is 13.1. The lowest BCUT2D eigenvalue weighted by Crippen LogP contribution is -2.28. The monoisotopic (exact) mass is 303 g/mol. The van der Waals surface area contributed by atoms with Crippen LogP contribution < -0.4 is 14.8 Å². The Hall–Kier alpha value is -1.52. The zero-order chi connectivity index (χ0) is 14.5. The van der Waals surface area contributed by atoms with Crippen molar-refractivity contribution in [2.75, 3.05) is 20.3 Å². The Morgan fingerprint density at radius 1 is 1.19 bits per heavy atom. The lowest BCUT2D eigenvalue weighted by atomic mass is 9.94. The maximum Gasteiger partial charge on any atom is 0.119 e. The van der Waals surface area contributed by atoms with Crippen LogP contribution >= 0.6 is 11.3 Å². The predicted molar refractivity (Wildman–Crippen MR) is 86.5 cm³/mol. The van der Waals surface area contributed by atoms with E-state index in [9.17, 15) is 0 Å². The molecule has 0 saturated carbocycles. The summed E-state index contributed by atoms with van der Waals surface area (Å²) in [7, 11) is 1.67. The van der Waals surface area contributed by atoms with Gasteiger partial charge in [-0.25, -0.2) is 0 Å². The molecule has 0 saturated heterocycles. The second-order valence-electron chi connectivity index (χ2n) is 5.22. The van der Waals surface area contributed by atoms with Crippen LogP contribution in [-0.4, -0.2) is 20.3 Å². The minimum Gasteiger partial charge on any atom is -0.497 e. The average molecular weight is 303 g/mol. The van der Waals surface area contributed by atoms with Crippen LogP contribution in [0.2, 0.25) is 0 Å². The lowest BCUT2D eigenvalue weighted by Gasteiger charge is -2.23. The minimum atomic E-state index is 0.500. The van der Waals surface area contributed by atoms with Crippen molar-refractivity contribution in [3.8, 4) is 11.5 Å². The number of hydrogen-bond donors (Lipinski definition) is 1. The van der Waals surface area contributed by atoms with Crippen LogP contribution in [0.5, 0.6) is 11.5 Å². The Balaban J connectivity index is 1.44. The molecule has 1 unspecified atom stereocenters. The Kier molecular flexibility index (Phi) is 4.78. The van der Waals surface area contributed by atoms with Crippen LogP contribution in [-0.2, 0) is 6.42 Å². The van der Waals surface area contributed by atoms with Crippen molar-refractivity contribution < 1.29 is 9.47 Å². The molecule has 1 aromatic carbocycles. The van der Waals surface area contributed by atoms with Gasteiger partial charge in [-0.05, 0) is 60.5 Å². The predicted octanol–water partition coefficient (Wildman–Crippen LogP) is 3.80. The maximum atomic E-state index is 5.75. The quantitative estimate of drug-likeness (QED) is 0.823. The number of rotatable bonds is 6. The molecule has 1 N–H and O–H groups in total. The van der Waals surface area contributed by atoms with Crippen LogP contribution in [0.25, 0.3) is 0 Å². The van der Waals surface area contributed by atoms with E-state index in [4.69, 9.17) is 9.47 Å². The van der Waals surface area contributed by atoms with Crippen molar-refractivity contribution in [1.29, 1.82) is 0 Å². The first-order chi connectivity index (χ1) is 10.4. The fourth-order valence-electron chi connectivity index (χ4n) is 2.77. The van der Waals surface area contributed by atoms with Gasteiger partial charge in [0, 0.05) is 17.5 Å². The highest BCUT2D eigenvalue weighted by atomic mass is 32.1. The standard InChI is InChI=1S/C17H21NO2S/c1-19-13-5-7-14(8-6-13)20-11-10-18-16-3-2-4-17-15(16)9-12-21-17/h5-9,12,16,18H,2-4,10-11H2,1H3. The Morgan fingerprint density at radius 3 is 2.81 bits per heavy atom. The third kappa shape index (κ3) is 3.57. The number of fused-ring (bicyclic) bond motifs is 1. The number of ether oxygens (including phenoxy) is 2. The molecule has 1 heterocycles. The van der Waals surface area contributed by atoms with Gasteiger partial charge in [-0.1, -0.05) is 0 Å². The first-order valence-corrected chi connectivity index (χ1v) is 8.31. The van der Waals surface area contributed by atoms with E-state index in [0.29, 0.717) is 12.6 Å². The van der Waals surface area contributed by atoms with E-state index in [-0.39, 0.29) is 0 Å². The normalized spacial score (nSPS) is 17.3. The average Bonchev–Trinajstić information content (AvgIpc) is 3.01. The number of aryl methyl sites for hydroxylation is 1. The van der Waals surface area contributed by atoms with Gasteiger partial charge in [0.05, 0.1) is 7.11 Å².